The van der Waals surface area contributed by atoms with Gasteiger partial charge in [0.05, 0.1) is 0 Å². The van der Waals surface area contributed by atoms with Crippen molar-refractivity contribution in [2.45, 2.75) is 25.7 Å². The van der Waals surface area contributed by atoms with Crippen molar-refractivity contribution in [2.75, 3.05) is 13.1 Å². The molecule has 0 aliphatic carbocycles. The third kappa shape index (κ3) is 4.07. The summed E-state index contributed by atoms with van der Waals surface area (Å²) in [7, 11) is 0. The van der Waals surface area contributed by atoms with Crippen LogP contribution in [0.15, 0.2) is 48.7 Å². The van der Waals surface area contributed by atoms with Crippen molar-refractivity contribution in [3.8, 4) is 0 Å². The highest BCUT2D eigenvalue weighted by atomic mass is 16.1. The Labute approximate surface area is 164 Å². The molecule has 6 heteroatoms. The second kappa shape index (κ2) is 7.86. The Morgan fingerprint density at radius 2 is 1.89 bits per heavy atom. The molecular formula is C22H27N5O. The van der Waals surface area contributed by atoms with Crippen molar-refractivity contribution in [2.24, 2.45) is 11.5 Å². The molecule has 2 aromatic carbocycles. The Morgan fingerprint density at radius 3 is 2.54 bits per heavy atom. The number of hydrogen-bond acceptors (Lipinski definition) is 3. The number of carbonyl (C=O) groups is 1. The Hall–Kier alpha value is -3.12. The second-order valence-electron chi connectivity index (χ2n) is 7.67. The van der Waals surface area contributed by atoms with Gasteiger partial charge in [-0.3, -0.25) is 10.2 Å². The van der Waals surface area contributed by atoms with Crippen LogP contribution in [-0.2, 0) is 11.8 Å². The third-order valence-corrected chi connectivity index (χ3v) is 5.17. The zero-order valence-electron chi connectivity index (χ0n) is 16.3. The maximum atomic E-state index is 12.4. The smallest absolute Gasteiger partial charge is 0.251 e. The fourth-order valence-electron chi connectivity index (χ4n) is 3.16. The molecule has 3 aromatic rings. The Bertz CT molecular complexity index is 1000. The predicted molar refractivity (Wildman–Crippen MR) is 114 cm³/mol. The number of H-pyrrole nitrogens is 1. The van der Waals surface area contributed by atoms with E-state index < -0.39 is 0 Å². The van der Waals surface area contributed by atoms with E-state index in [0.29, 0.717) is 30.6 Å². The molecule has 146 valence electrons. The molecule has 7 N–H and O–H groups in total. The number of amidine groups is 1. The van der Waals surface area contributed by atoms with E-state index in [1.807, 2.05) is 42.5 Å². The number of rotatable bonds is 7. The molecule has 3 rings (SSSR count). The van der Waals surface area contributed by atoms with Crippen LogP contribution in [0.5, 0.6) is 0 Å². The van der Waals surface area contributed by atoms with Gasteiger partial charge in [-0.2, -0.15) is 0 Å². The van der Waals surface area contributed by atoms with Crippen LogP contribution >= 0.6 is 0 Å². The Balaban J connectivity index is 1.62. The first-order valence-electron chi connectivity index (χ1n) is 9.35. The Kier molecular flexibility index (Phi) is 5.51. The second-order valence-corrected chi connectivity index (χ2v) is 7.67. The zero-order chi connectivity index (χ0) is 20.3. The van der Waals surface area contributed by atoms with Gasteiger partial charge in [0.1, 0.15) is 5.84 Å². The van der Waals surface area contributed by atoms with Gasteiger partial charge in [-0.05, 0) is 41.8 Å². The number of benzene rings is 2. The number of carbonyl (C=O) groups excluding carboxylic acids is 1. The SMILES string of the molecule is CC(C)(CN)c1ccc(C(=O)NCCc2ccc3[nH]cc(C(=N)N)c3c2)cc1. The number of nitrogens with two attached hydrogens (primary N) is 2. The van der Waals surface area contributed by atoms with Gasteiger partial charge >= 0.3 is 0 Å². The van der Waals surface area contributed by atoms with Gasteiger partial charge in [-0.1, -0.05) is 32.0 Å². The zero-order valence-corrected chi connectivity index (χ0v) is 16.3. The Morgan fingerprint density at radius 1 is 1.18 bits per heavy atom. The number of amides is 1. The van der Waals surface area contributed by atoms with E-state index in [-0.39, 0.29) is 17.2 Å². The molecule has 1 aromatic heterocycles. The average molecular weight is 377 g/mol. The summed E-state index contributed by atoms with van der Waals surface area (Å²) >= 11 is 0. The standard InChI is InChI=1S/C22H27N5O/c1-22(2,13-23)16-6-4-15(5-7-16)21(28)26-10-9-14-3-8-19-17(11-14)18(12-27-19)20(24)25/h3-8,11-12,27H,9-10,13,23H2,1-2H3,(H3,24,25)(H,26,28). The van der Waals surface area contributed by atoms with Gasteiger partial charge in [0.15, 0.2) is 0 Å². The first-order chi connectivity index (χ1) is 13.3. The first-order valence-corrected chi connectivity index (χ1v) is 9.35. The summed E-state index contributed by atoms with van der Waals surface area (Å²) in [5.74, 6) is -0.0535. The summed E-state index contributed by atoms with van der Waals surface area (Å²) in [6.07, 6.45) is 2.44. The van der Waals surface area contributed by atoms with Crippen LogP contribution in [0, 0.1) is 5.41 Å². The monoisotopic (exact) mass is 377 g/mol. The molecule has 0 unspecified atom stereocenters. The summed E-state index contributed by atoms with van der Waals surface area (Å²) in [4.78, 5) is 15.5. The number of fused-ring (bicyclic) bond motifs is 1. The molecule has 28 heavy (non-hydrogen) atoms. The quantitative estimate of drug-likeness (QED) is 0.321. The molecule has 0 bridgehead atoms. The molecule has 0 aliphatic rings. The van der Waals surface area contributed by atoms with Crippen molar-refractivity contribution >= 4 is 22.6 Å². The van der Waals surface area contributed by atoms with Crippen LogP contribution in [-0.4, -0.2) is 29.8 Å². The highest BCUT2D eigenvalue weighted by molar-refractivity contribution is 6.07. The lowest BCUT2D eigenvalue weighted by molar-refractivity contribution is 0.0954. The number of hydrogen-bond donors (Lipinski definition) is 5. The van der Waals surface area contributed by atoms with Gasteiger partial charge in [0.25, 0.3) is 5.91 Å². The van der Waals surface area contributed by atoms with Crippen molar-refractivity contribution in [1.82, 2.24) is 10.3 Å². The van der Waals surface area contributed by atoms with Gasteiger partial charge in [0.2, 0.25) is 0 Å². The number of nitrogen functional groups attached to an aromatic ring is 1. The van der Waals surface area contributed by atoms with Crippen LogP contribution in [0.25, 0.3) is 10.9 Å². The summed E-state index contributed by atoms with van der Waals surface area (Å²) in [6.45, 7) is 5.25. The summed E-state index contributed by atoms with van der Waals surface area (Å²) in [6, 6.07) is 13.6. The van der Waals surface area contributed by atoms with Gasteiger partial charge in [-0.15, -0.1) is 0 Å². The normalized spacial score (nSPS) is 11.5. The molecule has 1 amide bonds. The molecule has 0 spiro atoms. The number of nitrogens with one attached hydrogen (secondary N) is 3. The maximum absolute atomic E-state index is 12.4. The van der Waals surface area contributed by atoms with Gasteiger partial charge in [0, 0.05) is 46.7 Å². The molecule has 0 fully saturated rings. The van der Waals surface area contributed by atoms with Crippen molar-refractivity contribution in [3.05, 3.63) is 70.9 Å². The van der Waals surface area contributed by atoms with E-state index in [9.17, 15) is 4.79 Å². The van der Waals surface area contributed by atoms with Gasteiger partial charge < -0.3 is 21.8 Å². The maximum Gasteiger partial charge on any atom is 0.251 e. The van der Waals surface area contributed by atoms with E-state index >= 15 is 0 Å². The van der Waals surface area contributed by atoms with Crippen LogP contribution in [0.2, 0.25) is 0 Å². The molecular weight excluding hydrogens is 350 g/mol. The fourth-order valence-corrected chi connectivity index (χ4v) is 3.16. The van der Waals surface area contributed by atoms with E-state index in [2.05, 4.69) is 24.1 Å². The highest BCUT2D eigenvalue weighted by Crippen LogP contribution is 2.22. The topological polar surface area (TPSA) is 121 Å². The van der Waals surface area contributed by atoms with E-state index in [1.54, 1.807) is 6.20 Å². The van der Waals surface area contributed by atoms with Crippen LogP contribution < -0.4 is 16.8 Å². The molecule has 0 saturated heterocycles. The lowest BCUT2D eigenvalue weighted by Gasteiger charge is -2.23. The van der Waals surface area contributed by atoms with Crippen LogP contribution in [0.4, 0.5) is 0 Å². The van der Waals surface area contributed by atoms with Crippen LogP contribution in [0.3, 0.4) is 0 Å². The minimum absolute atomic E-state index is 0.0398. The van der Waals surface area contributed by atoms with E-state index in [4.69, 9.17) is 16.9 Å². The van der Waals surface area contributed by atoms with E-state index in [1.165, 1.54) is 0 Å². The minimum Gasteiger partial charge on any atom is -0.384 e. The highest BCUT2D eigenvalue weighted by Gasteiger charge is 2.18. The lowest BCUT2D eigenvalue weighted by Crippen LogP contribution is -2.28. The minimum atomic E-state index is -0.107. The third-order valence-electron chi connectivity index (χ3n) is 5.17. The van der Waals surface area contributed by atoms with E-state index in [0.717, 1.165) is 22.0 Å². The lowest BCUT2D eigenvalue weighted by atomic mass is 9.84. The predicted octanol–water partition coefficient (Wildman–Crippen LogP) is 2.66. The van der Waals surface area contributed by atoms with Crippen LogP contribution in [0.1, 0.15) is 40.9 Å². The van der Waals surface area contributed by atoms with Crippen molar-refractivity contribution in [1.29, 1.82) is 5.41 Å². The van der Waals surface area contributed by atoms with Gasteiger partial charge in [-0.25, -0.2) is 0 Å². The summed E-state index contributed by atoms with van der Waals surface area (Å²) < 4.78 is 0. The fraction of sp³-hybridized carbons (Fsp3) is 0.273. The van der Waals surface area contributed by atoms with Crippen molar-refractivity contribution < 1.29 is 4.79 Å². The molecule has 0 atom stereocenters. The molecule has 1 heterocycles. The molecule has 0 radical (unpaired) electrons. The number of aromatic amines is 1. The first kappa shape index (κ1) is 19.6. The molecule has 0 saturated carbocycles. The average Bonchev–Trinajstić information content (AvgIpc) is 3.11. The molecule has 0 aliphatic heterocycles. The summed E-state index contributed by atoms with van der Waals surface area (Å²) in [5, 5.41) is 11.5. The molecule has 6 nitrogen and oxygen atoms in total. The van der Waals surface area contributed by atoms with Crippen molar-refractivity contribution in [3.63, 3.8) is 0 Å². The largest absolute Gasteiger partial charge is 0.384 e. The number of aromatic nitrogens is 1. The summed E-state index contributed by atoms with van der Waals surface area (Å²) in [5.41, 5.74) is 15.8.